The Morgan fingerprint density at radius 3 is 2.53 bits per heavy atom. The minimum absolute atomic E-state index is 0.154. The first-order valence-electron chi connectivity index (χ1n) is 9.46. The van der Waals surface area contributed by atoms with Gasteiger partial charge in [-0.2, -0.15) is 4.31 Å². The molecule has 0 radical (unpaired) electrons. The summed E-state index contributed by atoms with van der Waals surface area (Å²) in [6.45, 7) is 1.69. The van der Waals surface area contributed by atoms with Gasteiger partial charge >= 0.3 is 0 Å². The van der Waals surface area contributed by atoms with E-state index < -0.39 is 16.1 Å². The predicted molar refractivity (Wildman–Crippen MR) is 114 cm³/mol. The van der Waals surface area contributed by atoms with Crippen molar-refractivity contribution in [1.29, 1.82) is 0 Å². The van der Waals surface area contributed by atoms with Crippen LogP contribution in [0.2, 0.25) is 10.0 Å². The van der Waals surface area contributed by atoms with Crippen molar-refractivity contribution >= 4 is 33.2 Å². The molecule has 0 amide bonds. The molecule has 2 aliphatic rings. The summed E-state index contributed by atoms with van der Waals surface area (Å²) in [6, 6.07) is 13.1. The highest BCUT2D eigenvalue weighted by molar-refractivity contribution is 7.89. The fourth-order valence-corrected chi connectivity index (χ4v) is 6.08. The lowest BCUT2D eigenvalue weighted by Gasteiger charge is -2.36. The average Bonchev–Trinajstić information content (AvgIpc) is 3.22. The summed E-state index contributed by atoms with van der Waals surface area (Å²) in [6.07, 6.45) is 1.94. The van der Waals surface area contributed by atoms with Crippen LogP contribution in [0.15, 0.2) is 59.6 Å². The van der Waals surface area contributed by atoms with Crippen LogP contribution in [0.5, 0.6) is 11.5 Å². The summed E-state index contributed by atoms with van der Waals surface area (Å²) in [5.74, 6) is 0.980. The molecule has 0 spiro atoms. The lowest BCUT2D eigenvalue weighted by atomic mass is 10.0. The fraction of sp³-hybridized carbons (Fsp3) is 0.238. The van der Waals surface area contributed by atoms with Gasteiger partial charge in [0.1, 0.15) is 13.2 Å². The lowest BCUT2D eigenvalue weighted by Crippen LogP contribution is -2.42. The van der Waals surface area contributed by atoms with E-state index in [1.165, 1.54) is 10.4 Å². The number of benzene rings is 2. The molecule has 2 aromatic carbocycles. The van der Waals surface area contributed by atoms with Crippen LogP contribution in [0, 0.1) is 0 Å². The second kappa shape index (κ2) is 7.50. The van der Waals surface area contributed by atoms with Gasteiger partial charge in [-0.15, -0.1) is 0 Å². The monoisotopic (exact) mass is 464 g/mol. The summed E-state index contributed by atoms with van der Waals surface area (Å²) in [7, 11) is -3.85. The zero-order chi connectivity index (χ0) is 20.9. The van der Waals surface area contributed by atoms with Crippen LogP contribution in [0.3, 0.4) is 0 Å². The second-order valence-electron chi connectivity index (χ2n) is 7.12. The molecule has 0 N–H and O–H groups in total. The van der Waals surface area contributed by atoms with Crippen LogP contribution in [0.25, 0.3) is 0 Å². The molecule has 6 nitrogen and oxygen atoms in total. The van der Waals surface area contributed by atoms with Crippen LogP contribution < -0.4 is 9.47 Å². The standard InChI is InChI=1S/C21H18Cl2N2O4S/c22-14-3-5-16(17(23)12-14)21-18-2-1-7-24(18)8-9-25(21)30(26,27)15-4-6-19-20(13-15)29-11-10-28-19/h1-7,12-13,21H,8-11H2. The Labute approximate surface area is 184 Å². The molecule has 0 bridgehead atoms. The first-order chi connectivity index (χ1) is 14.4. The van der Waals surface area contributed by atoms with Crippen molar-refractivity contribution in [3.8, 4) is 11.5 Å². The Bertz CT molecular complexity index is 1230. The fourth-order valence-electron chi connectivity index (χ4n) is 3.98. The molecule has 0 saturated carbocycles. The average molecular weight is 465 g/mol. The van der Waals surface area contributed by atoms with Gasteiger partial charge in [-0.1, -0.05) is 29.3 Å². The maximum atomic E-state index is 13.7. The molecule has 3 aromatic rings. The minimum atomic E-state index is -3.85. The van der Waals surface area contributed by atoms with Crippen LogP contribution in [-0.4, -0.2) is 37.0 Å². The van der Waals surface area contributed by atoms with Gasteiger partial charge in [0.15, 0.2) is 11.5 Å². The smallest absolute Gasteiger partial charge is 0.244 e. The predicted octanol–water partition coefficient (Wildman–Crippen LogP) is 4.36. The van der Waals surface area contributed by atoms with Gasteiger partial charge in [0.2, 0.25) is 10.0 Å². The normalized spacial score (nSPS) is 18.8. The number of hydrogen-bond donors (Lipinski definition) is 0. The van der Waals surface area contributed by atoms with Crippen molar-refractivity contribution in [3.05, 3.63) is 76.0 Å². The summed E-state index contributed by atoms with van der Waals surface area (Å²) >= 11 is 12.6. The molecule has 9 heteroatoms. The van der Waals surface area contributed by atoms with Gasteiger partial charge in [0, 0.05) is 41.1 Å². The maximum Gasteiger partial charge on any atom is 0.244 e. The Balaban J connectivity index is 1.63. The highest BCUT2D eigenvalue weighted by Gasteiger charge is 2.39. The Morgan fingerprint density at radius 2 is 1.73 bits per heavy atom. The van der Waals surface area contributed by atoms with E-state index in [4.69, 9.17) is 32.7 Å². The molecular formula is C21H18Cl2N2O4S. The third kappa shape index (κ3) is 3.26. The third-order valence-electron chi connectivity index (χ3n) is 5.37. The first-order valence-corrected chi connectivity index (χ1v) is 11.7. The topological polar surface area (TPSA) is 60.8 Å². The molecule has 2 aliphatic heterocycles. The summed E-state index contributed by atoms with van der Waals surface area (Å²) in [5.41, 5.74) is 1.54. The molecule has 0 saturated heterocycles. The molecule has 0 fully saturated rings. The van der Waals surface area contributed by atoms with Crippen molar-refractivity contribution in [2.24, 2.45) is 0 Å². The summed E-state index contributed by atoms with van der Waals surface area (Å²) in [5, 5.41) is 0.917. The number of hydrogen-bond acceptors (Lipinski definition) is 4. The quantitative estimate of drug-likeness (QED) is 0.577. The van der Waals surface area contributed by atoms with E-state index in [2.05, 4.69) is 0 Å². The van der Waals surface area contributed by atoms with Gasteiger partial charge in [0.25, 0.3) is 0 Å². The van der Waals surface area contributed by atoms with E-state index in [0.29, 0.717) is 53.4 Å². The van der Waals surface area contributed by atoms with Gasteiger partial charge in [-0.25, -0.2) is 8.42 Å². The van der Waals surface area contributed by atoms with Crippen molar-refractivity contribution in [2.75, 3.05) is 19.8 Å². The van der Waals surface area contributed by atoms with E-state index in [0.717, 1.165) is 5.69 Å². The largest absolute Gasteiger partial charge is 0.486 e. The number of aromatic nitrogens is 1. The van der Waals surface area contributed by atoms with Gasteiger partial charge in [-0.3, -0.25) is 0 Å². The van der Waals surface area contributed by atoms with E-state index in [9.17, 15) is 8.42 Å². The Hall–Kier alpha value is -2.19. The highest BCUT2D eigenvalue weighted by Crippen LogP contribution is 2.41. The highest BCUT2D eigenvalue weighted by atomic mass is 35.5. The van der Waals surface area contributed by atoms with E-state index in [1.807, 2.05) is 22.9 Å². The molecule has 1 unspecified atom stereocenters. The van der Waals surface area contributed by atoms with Crippen molar-refractivity contribution < 1.29 is 17.9 Å². The molecular weight excluding hydrogens is 447 g/mol. The van der Waals surface area contributed by atoms with Crippen molar-refractivity contribution in [2.45, 2.75) is 17.5 Å². The van der Waals surface area contributed by atoms with Crippen molar-refractivity contribution in [1.82, 2.24) is 8.87 Å². The molecule has 0 aliphatic carbocycles. The second-order valence-corrected chi connectivity index (χ2v) is 9.85. The van der Waals surface area contributed by atoms with Crippen LogP contribution in [0.1, 0.15) is 17.3 Å². The van der Waals surface area contributed by atoms with Gasteiger partial charge in [-0.05, 0) is 42.0 Å². The van der Waals surface area contributed by atoms with Gasteiger partial charge < -0.3 is 14.0 Å². The lowest BCUT2D eigenvalue weighted by molar-refractivity contribution is 0.171. The summed E-state index contributed by atoms with van der Waals surface area (Å²) < 4.78 is 42.1. The van der Waals surface area contributed by atoms with E-state index in [-0.39, 0.29) is 4.90 Å². The van der Waals surface area contributed by atoms with Crippen LogP contribution >= 0.6 is 23.2 Å². The Morgan fingerprint density at radius 1 is 0.933 bits per heavy atom. The molecule has 5 rings (SSSR count). The summed E-state index contributed by atoms with van der Waals surface area (Å²) in [4.78, 5) is 0.154. The molecule has 156 valence electrons. The molecule has 30 heavy (non-hydrogen) atoms. The van der Waals surface area contributed by atoms with E-state index >= 15 is 0 Å². The number of nitrogens with zero attached hydrogens (tertiary/aromatic N) is 2. The number of sulfonamides is 1. The minimum Gasteiger partial charge on any atom is -0.486 e. The van der Waals surface area contributed by atoms with Gasteiger partial charge in [0.05, 0.1) is 10.9 Å². The van der Waals surface area contributed by atoms with E-state index in [1.54, 1.807) is 30.3 Å². The Kier molecular flexibility index (Phi) is 4.94. The number of fused-ring (bicyclic) bond motifs is 2. The number of ether oxygens (including phenoxy) is 2. The zero-order valence-electron chi connectivity index (χ0n) is 15.8. The first kappa shape index (κ1) is 19.8. The molecule has 3 heterocycles. The van der Waals surface area contributed by atoms with Crippen molar-refractivity contribution in [3.63, 3.8) is 0 Å². The SMILES string of the molecule is O=S(=O)(c1ccc2c(c1)OCCO2)N1CCn2cccc2C1c1ccc(Cl)cc1Cl. The molecule has 1 atom stereocenters. The maximum absolute atomic E-state index is 13.7. The molecule has 1 aromatic heterocycles. The number of rotatable bonds is 3. The zero-order valence-corrected chi connectivity index (χ0v) is 18.1. The number of halogens is 2. The van der Waals surface area contributed by atoms with Crippen LogP contribution in [-0.2, 0) is 16.6 Å². The third-order valence-corrected chi connectivity index (χ3v) is 7.79. The van der Waals surface area contributed by atoms with Crippen LogP contribution in [0.4, 0.5) is 0 Å².